The zero-order valence-electron chi connectivity index (χ0n) is 25.1. The molecule has 45 heavy (non-hydrogen) atoms. The molecule has 3 aliphatic heterocycles. The van der Waals surface area contributed by atoms with E-state index in [0.29, 0.717) is 82.7 Å². The second-order valence-electron chi connectivity index (χ2n) is 12.0. The Hall–Kier alpha value is -3.47. The van der Waals surface area contributed by atoms with E-state index in [2.05, 4.69) is 30.6 Å². The average molecular weight is 640 g/mol. The first kappa shape index (κ1) is 32.9. The standard InChI is InChI=1S/C32H35F6N3O4/c1-30(2)21-43-12-11-40(30)8-4-3-7-39-9-10-41(26(20-39)15-22-5-6-27-28(16-22)45-14-13-44-27)29(42)23-17-24(31(33,34)35)19-25(18-23)32(36,37)38/h5-6,16-19,26H,7-15,20-21H2,1-2H3. The fourth-order valence-electron chi connectivity index (χ4n) is 5.74. The quantitative estimate of drug-likeness (QED) is 0.340. The molecule has 1 unspecified atom stereocenters. The van der Waals surface area contributed by atoms with E-state index in [0.717, 1.165) is 12.1 Å². The Balaban J connectivity index is 1.37. The molecule has 0 radical (unpaired) electrons. The number of amides is 1. The molecule has 1 atom stereocenters. The average Bonchev–Trinajstić information content (AvgIpc) is 2.98. The van der Waals surface area contributed by atoms with Gasteiger partial charge >= 0.3 is 12.4 Å². The maximum atomic E-state index is 13.7. The molecule has 0 spiro atoms. The van der Waals surface area contributed by atoms with E-state index < -0.39 is 41.0 Å². The van der Waals surface area contributed by atoms with E-state index in [1.807, 2.05) is 11.0 Å². The smallest absolute Gasteiger partial charge is 0.416 e. The molecule has 2 aromatic carbocycles. The van der Waals surface area contributed by atoms with E-state index in [1.54, 1.807) is 12.1 Å². The number of fused-ring (bicyclic) bond motifs is 1. The monoisotopic (exact) mass is 639 g/mol. The highest BCUT2D eigenvalue weighted by atomic mass is 19.4. The maximum absolute atomic E-state index is 13.7. The second-order valence-corrected chi connectivity index (χ2v) is 12.0. The van der Waals surface area contributed by atoms with Crippen molar-refractivity contribution in [1.29, 1.82) is 0 Å². The van der Waals surface area contributed by atoms with Crippen molar-refractivity contribution in [3.05, 3.63) is 58.7 Å². The number of carbonyl (C=O) groups excluding carboxylic acids is 1. The number of carbonyl (C=O) groups is 1. The second kappa shape index (κ2) is 13.1. The van der Waals surface area contributed by atoms with Crippen molar-refractivity contribution in [2.24, 2.45) is 0 Å². The normalized spacial score (nSPS) is 20.8. The van der Waals surface area contributed by atoms with Gasteiger partial charge in [-0.2, -0.15) is 26.3 Å². The molecule has 0 bridgehead atoms. The highest BCUT2D eigenvalue weighted by molar-refractivity contribution is 5.95. The molecule has 0 N–H and O–H groups in total. The third-order valence-electron chi connectivity index (χ3n) is 8.25. The fourth-order valence-corrected chi connectivity index (χ4v) is 5.74. The van der Waals surface area contributed by atoms with E-state index in [1.165, 1.54) is 4.90 Å². The number of nitrogens with zero attached hydrogens (tertiary/aromatic N) is 3. The molecule has 3 aliphatic rings. The Morgan fingerprint density at radius 3 is 2.20 bits per heavy atom. The largest absolute Gasteiger partial charge is 0.486 e. The summed E-state index contributed by atoms with van der Waals surface area (Å²) in [5, 5.41) is 0. The number of hydrogen-bond donors (Lipinski definition) is 0. The Bertz CT molecular complexity index is 1420. The highest BCUT2D eigenvalue weighted by Crippen LogP contribution is 2.37. The van der Waals surface area contributed by atoms with Crippen molar-refractivity contribution >= 4 is 5.91 Å². The summed E-state index contributed by atoms with van der Waals surface area (Å²) >= 11 is 0. The van der Waals surface area contributed by atoms with Crippen molar-refractivity contribution in [2.75, 3.05) is 65.7 Å². The van der Waals surface area contributed by atoms with Crippen LogP contribution in [0, 0.1) is 11.8 Å². The lowest BCUT2D eigenvalue weighted by Crippen LogP contribution is -2.56. The van der Waals surface area contributed by atoms with Gasteiger partial charge < -0.3 is 19.1 Å². The van der Waals surface area contributed by atoms with Crippen LogP contribution >= 0.6 is 0 Å². The predicted molar refractivity (Wildman–Crippen MR) is 153 cm³/mol. The SMILES string of the molecule is CC1(C)COCCN1CC#CCN1CCN(C(=O)c2cc(C(F)(F)F)cc(C(F)(F)F)c2)C(Cc2ccc3c(c2)OCCO3)C1. The number of benzene rings is 2. The van der Waals surface area contributed by atoms with Gasteiger partial charge in [0, 0.05) is 43.3 Å². The zero-order valence-corrected chi connectivity index (χ0v) is 25.1. The zero-order chi connectivity index (χ0) is 32.4. The topological polar surface area (TPSA) is 54.5 Å². The van der Waals surface area contributed by atoms with Gasteiger partial charge in [-0.1, -0.05) is 17.9 Å². The Labute approximate surface area is 258 Å². The minimum atomic E-state index is -5.06. The molecule has 2 aromatic rings. The number of morpholine rings is 1. The van der Waals surface area contributed by atoms with Crippen LogP contribution in [0.2, 0.25) is 0 Å². The van der Waals surface area contributed by atoms with Gasteiger partial charge in [0.25, 0.3) is 5.91 Å². The van der Waals surface area contributed by atoms with Gasteiger partial charge in [-0.15, -0.1) is 0 Å². The number of hydrogen-bond acceptors (Lipinski definition) is 6. The maximum Gasteiger partial charge on any atom is 0.416 e. The summed E-state index contributed by atoms with van der Waals surface area (Å²) < 4.78 is 98.2. The van der Waals surface area contributed by atoms with Crippen LogP contribution in [0.4, 0.5) is 26.3 Å². The number of ether oxygens (including phenoxy) is 3. The van der Waals surface area contributed by atoms with Crippen LogP contribution in [0.3, 0.4) is 0 Å². The lowest BCUT2D eigenvalue weighted by molar-refractivity contribution is -0.143. The Kier molecular flexibility index (Phi) is 9.58. The van der Waals surface area contributed by atoms with E-state index in [4.69, 9.17) is 14.2 Å². The lowest BCUT2D eigenvalue weighted by atomic mass is 9.98. The van der Waals surface area contributed by atoms with Gasteiger partial charge in [0.2, 0.25) is 0 Å². The van der Waals surface area contributed by atoms with Crippen LogP contribution in [-0.2, 0) is 23.5 Å². The van der Waals surface area contributed by atoms with Gasteiger partial charge in [-0.05, 0) is 56.2 Å². The van der Waals surface area contributed by atoms with Crippen LogP contribution in [0.5, 0.6) is 11.5 Å². The van der Waals surface area contributed by atoms with Crippen LogP contribution in [0.15, 0.2) is 36.4 Å². The summed E-state index contributed by atoms with van der Waals surface area (Å²) in [6.45, 7) is 8.72. The summed E-state index contributed by atoms with van der Waals surface area (Å²) in [4.78, 5) is 19.3. The fraction of sp³-hybridized carbons (Fsp3) is 0.531. The van der Waals surface area contributed by atoms with Crippen molar-refractivity contribution in [1.82, 2.24) is 14.7 Å². The molecule has 244 valence electrons. The lowest BCUT2D eigenvalue weighted by Gasteiger charge is -2.41. The molecule has 13 heteroatoms. The molecule has 7 nitrogen and oxygen atoms in total. The van der Waals surface area contributed by atoms with Crippen molar-refractivity contribution in [3.8, 4) is 23.3 Å². The minimum Gasteiger partial charge on any atom is -0.486 e. The predicted octanol–water partition coefficient (Wildman–Crippen LogP) is 4.98. The van der Waals surface area contributed by atoms with Gasteiger partial charge in [0.05, 0.1) is 37.4 Å². The van der Waals surface area contributed by atoms with Gasteiger partial charge in [-0.25, -0.2) is 0 Å². The van der Waals surface area contributed by atoms with Crippen molar-refractivity contribution in [3.63, 3.8) is 0 Å². The summed E-state index contributed by atoms with van der Waals surface area (Å²) in [6.07, 6.45) is -9.83. The first-order chi connectivity index (χ1) is 21.2. The van der Waals surface area contributed by atoms with Crippen LogP contribution in [0.1, 0.15) is 40.9 Å². The first-order valence-corrected chi connectivity index (χ1v) is 14.7. The molecule has 0 saturated carbocycles. The van der Waals surface area contributed by atoms with E-state index in [-0.39, 0.29) is 18.2 Å². The minimum absolute atomic E-state index is 0.0259. The molecule has 2 saturated heterocycles. The molecule has 5 rings (SSSR count). The van der Waals surface area contributed by atoms with Crippen LogP contribution in [-0.4, -0.2) is 97.9 Å². The number of halogens is 6. The number of rotatable bonds is 5. The molecule has 0 aliphatic carbocycles. The van der Waals surface area contributed by atoms with E-state index >= 15 is 0 Å². The Morgan fingerprint density at radius 1 is 0.867 bits per heavy atom. The first-order valence-electron chi connectivity index (χ1n) is 14.7. The number of piperazine rings is 1. The number of alkyl halides is 6. The molecular formula is C32H35F6N3O4. The van der Waals surface area contributed by atoms with Crippen LogP contribution < -0.4 is 9.47 Å². The summed E-state index contributed by atoms with van der Waals surface area (Å²) in [6, 6.07) is 5.79. The third-order valence-corrected chi connectivity index (χ3v) is 8.25. The Morgan fingerprint density at radius 2 is 1.53 bits per heavy atom. The summed E-state index contributed by atoms with van der Waals surface area (Å²) in [7, 11) is 0. The van der Waals surface area contributed by atoms with Crippen molar-refractivity contribution < 1.29 is 45.3 Å². The molecule has 0 aromatic heterocycles. The van der Waals surface area contributed by atoms with Gasteiger partial charge in [-0.3, -0.25) is 14.6 Å². The molecule has 2 fully saturated rings. The molecule has 3 heterocycles. The summed E-state index contributed by atoms with van der Waals surface area (Å²) in [5.74, 6) is 6.62. The van der Waals surface area contributed by atoms with Gasteiger partial charge in [0.1, 0.15) is 13.2 Å². The summed E-state index contributed by atoms with van der Waals surface area (Å²) in [5.41, 5.74) is -3.07. The van der Waals surface area contributed by atoms with E-state index in [9.17, 15) is 31.1 Å². The third kappa shape index (κ3) is 8.04. The molecule has 1 amide bonds. The molecular weight excluding hydrogens is 604 g/mol. The van der Waals surface area contributed by atoms with Crippen LogP contribution in [0.25, 0.3) is 0 Å². The van der Waals surface area contributed by atoms with Gasteiger partial charge in [0.15, 0.2) is 11.5 Å². The van der Waals surface area contributed by atoms with Crippen molar-refractivity contribution in [2.45, 2.75) is 44.2 Å². The highest BCUT2D eigenvalue weighted by Gasteiger charge is 2.39.